The van der Waals surface area contributed by atoms with Crippen LogP contribution in [0.5, 0.6) is 5.75 Å². The zero-order chi connectivity index (χ0) is 14.3. The van der Waals surface area contributed by atoms with Crippen LogP contribution in [-0.2, 0) is 0 Å². The number of nitrogens with one attached hydrogen (secondary N) is 1. The molecule has 1 amide bonds. The van der Waals surface area contributed by atoms with Gasteiger partial charge in [0.1, 0.15) is 5.75 Å². The standard InChI is InChI=1S/C13H12F3NO2/c1-2-3-4-9-17-12(18)10-5-7-11(8-6-10)19-13(14,15)16/h5-8H,4,9H2,1H3,(H,17,18). The van der Waals surface area contributed by atoms with Crippen molar-refractivity contribution < 1.29 is 22.7 Å². The number of rotatable bonds is 4. The molecule has 0 atom stereocenters. The van der Waals surface area contributed by atoms with Gasteiger partial charge in [0.2, 0.25) is 0 Å². The molecule has 0 bridgehead atoms. The summed E-state index contributed by atoms with van der Waals surface area (Å²) < 4.78 is 39.5. The molecule has 0 saturated heterocycles. The Hall–Kier alpha value is -2.16. The summed E-state index contributed by atoms with van der Waals surface area (Å²) in [5, 5.41) is 2.60. The monoisotopic (exact) mass is 271 g/mol. The highest BCUT2D eigenvalue weighted by atomic mass is 19.4. The van der Waals surface area contributed by atoms with Gasteiger partial charge in [-0.05, 0) is 31.2 Å². The van der Waals surface area contributed by atoms with Crippen LogP contribution in [-0.4, -0.2) is 18.8 Å². The van der Waals surface area contributed by atoms with Gasteiger partial charge < -0.3 is 10.1 Å². The number of ether oxygens (including phenoxy) is 1. The summed E-state index contributed by atoms with van der Waals surface area (Å²) in [5.74, 6) is 4.74. The van der Waals surface area contributed by atoms with Crippen LogP contribution in [0, 0.1) is 11.8 Å². The van der Waals surface area contributed by atoms with Gasteiger partial charge in [-0.15, -0.1) is 25.0 Å². The van der Waals surface area contributed by atoms with Gasteiger partial charge in [0.15, 0.2) is 0 Å². The number of hydrogen-bond acceptors (Lipinski definition) is 2. The molecule has 1 N–H and O–H groups in total. The Kier molecular flexibility index (Phi) is 5.24. The molecule has 0 saturated carbocycles. The minimum absolute atomic E-state index is 0.263. The fourth-order valence-corrected chi connectivity index (χ4v) is 1.27. The summed E-state index contributed by atoms with van der Waals surface area (Å²) >= 11 is 0. The minimum atomic E-state index is -4.73. The molecule has 0 unspecified atom stereocenters. The molecule has 6 heteroatoms. The van der Waals surface area contributed by atoms with Gasteiger partial charge in [-0.3, -0.25) is 4.79 Å². The average molecular weight is 271 g/mol. The van der Waals surface area contributed by atoms with Crippen LogP contribution in [0.2, 0.25) is 0 Å². The van der Waals surface area contributed by atoms with E-state index >= 15 is 0 Å². The second-order valence-corrected chi connectivity index (χ2v) is 3.50. The number of amides is 1. The Morgan fingerprint density at radius 3 is 2.47 bits per heavy atom. The smallest absolute Gasteiger partial charge is 0.406 e. The van der Waals surface area contributed by atoms with E-state index in [2.05, 4.69) is 21.9 Å². The fraction of sp³-hybridized carbons (Fsp3) is 0.308. The molecule has 3 nitrogen and oxygen atoms in total. The molecule has 0 fully saturated rings. The summed E-state index contributed by atoms with van der Waals surface area (Å²) in [6, 6.07) is 4.71. The van der Waals surface area contributed by atoms with Gasteiger partial charge >= 0.3 is 6.36 Å². The number of carbonyl (C=O) groups is 1. The second-order valence-electron chi connectivity index (χ2n) is 3.50. The molecule has 0 spiro atoms. The van der Waals surface area contributed by atoms with Crippen molar-refractivity contribution in [1.29, 1.82) is 0 Å². The van der Waals surface area contributed by atoms with E-state index in [-0.39, 0.29) is 17.2 Å². The van der Waals surface area contributed by atoms with Crippen molar-refractivity contribution in [3.63, 3.8) is 0 Å². The lowest BCUT2D eigenvalue weighted by atomic mass is 10.2. The lowest BCUT2D eigenvalue weighted by molar-refractivity contribution is -0.274. The maximum absolute atomic E-state index is 11.9. The van der Waals surface area contributed by atoms with E-state index in [1.165, 1.54) is 12.1 Å². The lowest BCUT2D eigenvalue weighted by Gasteiger charge is -2.09. The van der Waals surface area contributed by atoms with Crippen molar-refractivity contribution in [3.05, 3.63) is 29.8 Å². The highest BCUT2D eigenvalue weighted by Gasteiger charge is 2.31. The first-order chi connectivity index (χ1) is 8.92. The molecule has 0 aliphatic rings. The van der Waals surface area contributed by atoms with E-state index in [0.717, 1.165) is 12.1 Å². The van der Waals surface area contributed by atoms with Gasteiger partial charge in [0.25, 0.3) is 5.91 Å². The molecule has 0 heterocycles. The highest BCUT2D eigenvalue weighted by molar-refractivity contribution is 5.94. The van der Waals surface area contributed by atoms with Crippen molar-refractivity contribution >= 4 is 5.91 Å². The van der Waals surface area contributed by atoms with E-state index in [1.54, 1.807) is 6.92 Å². The van der Waals surface area contributed by atoms with Crippen LogP contribution in [0.15, 0.2) is 24.3 Å². The van der Waals surface area contributed by atoms with Gasteiger partial charge in [-0.1, -0.05) is 0 Å². The summed E-state index contributed by atoms with van der Waals surface area (Å²) in [4.78, 5) is 11.6. The number of halogens is 3. The van der Waals surface area contributed by atoms with Crippen LogP contribution in [0.25, 0.3) is 0 Å². The van der Waals surface area contributed by atoms with E-state index in [9.17, 15) is 18.0 Å². The summed E-state index contributed by atoms with van der Waals surface area (Å²) in [7, 11) is 0. The Balaban J connectivity index is 2.55. The minimum Gasteiger partial charge on any atom is -0.406 e. The molecular weight excluding hydrogens is 259 g/mol. The van der Waals surface area contributed by atoms with E-state index in [4.69, 9.17) is 0 Å². The van der Waals surface area contributed by atoms with Gasteiger partial charge in [-0.2, -0.15) is 0 Å². The van der Waals surface area contributed by atoms with Crippen LogP contribution in [0.4, 0.5) is 13.2 Å². The zero-order valence-corrected chi connectivity index (χ0v) is 10.2. The molecular formula is C13H12F3NO2. The van der Waals surface area contributed by atoms with E-state index in [0.29, 0.717) is 13.0 Å². The third-order valence-electron chi connectivity index (χ3n) is 2.06. The molecule has 0 aliphatic heterocycles. The number of benzene rings is 1. The van der Waals surface area contributed by atoms with Crippen LogP contribution < -0.4 is 10.1 Å². The quantitative estimate of drug-likeness (QED) is 0.675. The molecule has 1 rings (SSSR count). The maximum Gasteiger partial charge on any atom is 0.573 e. The van der Waals surface area contributed by atoms with Crippen LogP contribution in [0.3, 0.4) is 0 Å². The molecule has 102 valence electrons. The Morgan fingerprint density at radius 1 is 1.32 bits per heavy atom. The fourth-order valence-electron chi connectivity index (χ4n) is 1.27. The normalized spacial score (nSPS) is 10.3. The Morgan fingerprint density at radius 2 is 1.95 bits per heavy atom. The molecule has 19 heavy (non-hydrogen) atoms. The van der Waals surface area contributed by atoms with Crippen molar-refractivity contribution in [2.45, 2.75) is 19.7 Å². The molecule has 0 radical (unpaired) electrons. The van der Waals surface area contributed by atoms with Gasteiger partial charge in [0, 0.05) is 18.5 Å². The Bertz CT molecular complexity index is 483. The molecule has 1 aromatic carbocycles. The first kappa shape index (κ1) is 14.9. The number of alkyl halides is 3. The second kappa shape index (κ2) is 6.69. The van der Waals surface area contributed by atoms with Crippen LogP contribution in [0.1, 0.15) is 23.7 Å². The zero-order valence-electron chi connectivity index (χ0n) is 10.2. The SMILES string of the molecule is CC#CCCNC(=O)c1ccc(OC(F)(F)F)cc1. The van der Waals surface area contributed by atoms with Crippen molar-refractivity contribution in [3.8, 4) is 17.6 Å². The van der Waals surface area contributed by atoms with Crippen molar-refractivity contribution in [2.75, 3.05) is 6.54 Å². The topological polar surface area (TPSA) is 38.3 Å². The summed E-state index contributed by atoms with van der Waals surface area (Å²) in [5.41, 5.74) is 0.263. The van der Waals surface area contributed by atoms with Gasteiger partial charge in [-0.25, -0.2) is 0 Å². The number of carbonyl (C=O) groups excluding carboxylic acids is 1. The third kappa shape index (κ3) is 5.82. The first-order valence-corrected chi connectivity index (χ1v) is 5.46. The van der Waals surface area contributed by atoms with E-state index in [1.807, 2.05) is 0 Å². The van der Waals surface area contributed by atoms with E-state index < -0.39 is 6.36 Å². The largest absolute Gasteiger partial charge is 0.573 e. The first-order valence-electron chi connectivity index (χ1n) is 5.46. The summed E-state index contributed by atoms with van der Waals surface area (Å²) in [6.45, 7) is 2.08. The van der Waals surface area contributed by atoms with Crippen molar-refractivity contribution in [2.24, 2.45) is 0 Å². The third-order valence-corrected chi connectivity index (χ3v) is 2.06. The Labute approximate surface area is 108 Å². The number of hydrogen-bond donors (Lipinski definition) is 1. The lowest BCUT2D eigenvalue weighted by Crippen LogP contribution is -2.24. The van der Waals surface area contributed by atoms with Crippen LogP contribution >= 0.6 is 0 Å². The predicted molar refractivity (Wildman–Crippen MR) is 63.5 cm³/mol. The molecule has 0 aliphatic carbocycles. The predicted octanol–water partition coefficient (Wildman–Crippen LogP) is 2.73. The molecule has 1 aromatic rings. The summed E-state index contributed by atoms with van der Waals surface area (Å²) in [6.07, 6.45) is -4.21. The highest BCUT2D eigenvalue weighted by Crippen LogP contribution is 2.22. The maximum atomic E-state index is 11.9. The average Bonchev–Trinajstić information content (AvgIpc) is 2.33. The van der Waals surface area contributed by atoms with Crippen molar-refractivity contribution in [1.82, 2.24) is 5.32 Å². The van der Waals surface area contributed by atoms with Gasteiger partial charge in [0.05, 0.1) is 0 Å². The molecule has 0 aromatic heterocycles.